The van der Waals surface area contributed by atoms with Crippen LogP contribution < -0.4 is 5.32 Å². The number of benzene rings is 1. The standard InChI is InChI=1S/C15H17NO2S3/c1-10-9-14(13-7-8-19-15(13)20-10)16-11-3-5-12(6-4-11)21(2,17)18/h3-8,10,14,16H,9H2,1-2H3/t10-,14?/m0/s1. The number of hydrogen-bond donors (Lipinski definition) is 1. The van der Waals surface area contributed by atoms with Crippen LogP contribution in [0.25, 0.3) is 0 Å². The normalized spacial score (nSPS) is 21.8. The molecule has 0 fully saturated rings. The van der Waals surface area contributed by atoms with E-state index < -0.39 is 9.84 Å². The first-order valence-electron chi connectivity index (χ1n) is 6.74. The van der Waals surface area contributed by atoms with E-state index >= 15 is 0 Å². The average molecular weight is 340 g/mol. The molecule has 6 heteroatoms. The summed E-state index contributed by atoms with van der Waals surface area (Å²) in [4.78, 5) is 0.358. The maximum Gasteiger partial charge on any atom is 0.175 e. The molecule has 2 aromatic rings. The number of hydrogen-bond acceptors (Lipinski definition) is 5. The Hall–Kier alpha value is -0.980. The van der Waals surface area contributed by atoms with Crippen molar-refractivity contribution >= 4 is 38.6 Å². The van der Waals surface area contributed by atoms with E-state index in [9.17, 15) is 8.42 Å². The van der Waals surface area contributed by atoms with E-state index in [0.29, 0.717) is 16.2 Å². The molecular weight excluding hydrogens is 322 g/mol. The SMILES string of the molecule is C[C@H]1CC(Nc2ccc(S(C)(=O)=O)cc2)c2ccsc2S1. The molecule has 0 saturated heterocycles. The van der Waals surface area contributed by atoms with Crippen LogP contribution in [0.15, 0.2) is 44.8 Å². The van der Waals surface area contributed by atoms with Gasteiger partial charge in [0, 0.05) is 17.2 Å². The van der Waals surface area contributed by atoms with E-state index in [4.69, 9.17) is 0 Å². The van der Waals surface area contributed by atoms with Crippen molar-refractivity contribution in [2.24, 2.45) is 0 Å². The number of sulfone groups is 1. The van der Waals surface area contributed by atoms with Crippen molar-refractivity contribution in [3.8, 4) is 0 Å². The van der Waals surface area contributed by atoms with E-state index in [1.54, 1.807) is 23.5 Å². The topological polar surface area (TPSA) is 46.2 Å². The van der Waals surface area contributed by atoms with E-state index in [2.05, 4.69) is 23.7 Å². The van der Waals surface area contributed by atoms with Gasteiger partial charge < -0.3 is 5.32 Å². The Labute approximate surface area is 133 Å². The highest BCUT2D eigenvalue weighted by Gasteiger charge is 2.26. The molecule has 112 valence electrons. The number of fused-ring (bicyclic) bond motifs is 1. The van der Waals surface area contributed by atoms with Gasteiger partial charge in [0.25, 0.3) is 0 Å². The van der Waals surface area contributed by atoms with Gasteiger partial charge in [-0.05, 0) is 47.7 Å². The zero-order valence-corrected chi connectivity index (χ0v) is 14.3. The van der Waals surface area contributed by atoms with Crippen LogP contribution in [0, 0.1) is 0 Å². The lowest BCUT2D eigenvalue weighted by atomic mass is 10.0. The molecule has 21 heavy (non-hydrogen) atoms. The number of rotatable bonds is 3. The molecule has 2 heterocycles. The lowest BCUT2D eigenvalue weighted by Crippen LogP contribution is -2.18. The monoisotopic (exact) mass is 339 g/mol. The Kier molecular flexibility index (Phi) is 4.03. The lowest BCUT2D eigenvalue weighted by Gasteiger charge is -2.28. The minimum absolute atomic E-state index is 0.298. The minimum atomic E-state index is -3.13. The predicted molar refractivity (Wildman–Crippen MR) is 90.2 cm³/mol. The Morgan fingerprint density at radius 1 is 1.19 bits per heavy atom. The Morgan fingerprint density at radius 2 is 1.90 bits per heavy atom. The number of thiophene rings is 1. The second kappa shape index (κ2) is 5.66. The van der Waals surface area contributed by atoms with Crippen LogP contribution in [0.5, 0.6) is 0 Å². The summed E-state index contributed by atoms with van der Waals surface area (Å²) in [6.07, 6.45) is 2.30. The molecule has 2 atom stereocenters. The van der Waals surface area contributed by atoms with Gasteiger partial charge in [-0.15, -0.1) is 23.1 Å². The van der Waals surface area contributed by atoms with Gasteiger partial charge in [-0.3, -0.25) is 0 Å². The van der Waals surface area contributed by atoms with Gasteiger partial charge in [0.1, 0.15) is 0 Å². The van der Waals surface area contributed by atoms with E-state index in [-0.39, 0.29) is 0 Å². The van der Waals surface area contributed by atoms with Crippen LogP contribution >= 0.6 is 23.1 Å². The fourth-order valence-corrected chi connectivity index (χ4v) is 5.68. The van der Waals surface area contributed by atoms with Crippen LogP contribution in [0.2, 0.25) is 0 Å². The third-order valence-corrected chi connectivity index (χ3v) is 7.01. The summed E-state index contributed by atoms with van der Waals surface area (Å²) < 4.78 is 24.4. The quantitative estimate of drug-likeness (QED) is 0.911. The second-order valence-electron chi connectivity index (χ2n) is 5.32. The van der Waals surface area contributed by atoms with Crippen LogP contribution in [0.3, 0.4) is 0 Å². The first kappa shape index (κ1) is 14.9. The van der Waals surface area contributed by atoms with Gasteiger partial charge in [-0.25, -0.2) is 8.42 Å². The molecular formula is C15H17NO2S3. The maximum absolute atomic E-state index is 11.5. The molecule has 1 unspecified atom stereocenters. The first-order valence-corrected chi connectivity index (χ1v) is 10.4. The molecule has 0 radical (unpaired) electrons. The Bertz CT molecular complexity index is 735. The summed E-state index contributed by atoms with van der Waals surface area (Å²) in [5, 5.41) is 6.25. The van der Waals surface area contributed by atoms with Gasteiger partial charge in [-0.1, -0.05) is 6.92 Å². The van der Waals surface area contributed by atoms with Crippen molar-refractivity contribution in [1.29, 1.82) is 0 Å². The summed E-state index contributed by atoms with van der Waals surface area (Å²) in [6.45, 7) is 2.24. The van der Waals surface area contributed by atoms with E-state index in [1.165, 1.54) is 16.0 Å². The van der Waals surface area contributed by atoms with Crippen molar-refractivity contribution < 1.29 is 8.42 Å². The first-order chi connectivity index (χ1) is 9.93. The zero-order valence-electron chi connectivity index (χ0n) is 11.9. The summed E-state index contributed by atoms with van der Waals surface area (Å²) in [6, 6.07) is 9.48. The van der Waals surface area contributed by atoms with Crippen molar-refractivity contribution in [1.82, 2.24) is 0 Å². The summed E-state index contributed by atoms with van der Waals surface area (Å²) in [5.74, 6) is 0. The van der Waals surface area contributed by atoms with Gasteiger partial charge in [0.05, 0.1) is 15.1 Å². The van der Waals surface area contributed by atoms with Crippen molar-refractivity contribution in [3.05, 3.63) is 41.3 Å². The number of nitrogens with one attached hydrogen (secondary N) is 1. The summed E-state index contributed by atoms with van der Waals surface area (Å²) in [7, 11) is -3.13. The zero-order chi connectivity index (χ0) is 15.0. The third-order valence-electron chi connectivity index (χ3n) is 3.53. The summed E-state index contributed by atoms with van der Waals surface area (Å²) >= 11 is 3.73. The molecule has 1 aliphatic heterocycles. The van der Waals surface area contributed by atoms with Crippen LogP contribution in [-0.2, 0) is 9.84 Å². The number of anilines is 1. The van der Waals surface area contributed by atoms with E-state index in [0.717, 1.165) is 12.1 Å². The molecule has 1 aromatic carbocycles. The van der Waals surface area contributed by atoms with Crippen LogP contribution in [-0.4, -0.2) is 19.9 Å². The largest absolute Gasteiger partial charge is 0.378 e. The number of thioether (sulfide) groups is 1. The molecule has 0 bridgehead atoms. The predicted octanol–water partition coefficient (Wildman–Crippen LogP) is 4.19. The third kappa shape index (κ3) is 3.27. The molecule has 0 amide bonds. The van der Waals surface area contributed by atoms with Crippen LogP contribution in [0.4, 0.5) is 5.69 Å². The molecule has 3 nitrogen and oxygen atoms in total. The lowest BCUT2D eigenvalue weighted by molar-refractivity contribution is 0.602. The smallest absolute Gasteiger partial charge is 0.175 e. The fourth-order valence-electron chi connectivity index (χ4n) is 2.49. The minimum Gasteiger partial charge on any atom is -0.378 e. The molecule has 3 rings (SSSR count). The highest BCUT2D eigenvalue weighted by molar-refractivity contribution is 8.01. The van der Waals surface area contributed by atoms with Gasteiger partial charge in [-0.2, -0.15) is 0 Å². The Balaban J connectivity index is 1.82. The highest BCUT2D eigenvalue weighted by Crippen LogP contribution is 2.44. The van der Waals surface area contributed by atoms with Gasteiger partial charge in [0.15, 0.2) is 9.84 Å². The van der Waals surface area contributed by atoms with Crippen molar-refractivity contribution in [2.75, 3.05) is 11.6 Å². The summed E-state index contributed by atoms with van der Waals surface area (Å²) in [5.41, 5.74) is 2.32. The molecule has 1 aromatic heterocycles. The second-order valence-corrected chi connectivity index (χ2v) is 9.96. The molecule has 0 aliphatic carbocycles. The molecule has 1 aliphatic rings. The molecule has 1 N–H and O–H groups in total. The Morgan fingerprint density at radius 3 is 2.57 bits per heavy atom. The highest BCUT2D eigenvalue weighted by atomic mass is 32.2. The molecule has 0 spiro atoms. The van der Waals surface area contributed by atoms with Crippen LogP contribution in [0.1, 0.15) is 24.9 Å². The average Bonchev–Trinajstić information content (AvgIpc) is 2.86. The van der Waals surface area contributed by atoms with Crippen molar-refractivity contribution in [2.45, 2.75) is 33.7 Å². The van der Waals surface area contributed by atoms with Crippen molar-refractivity contribution in [3.63, 3.8) is 0 Å². The van der Waals surface area contributed by atoms with Gasteiger partial charge in [0.2, 0.25) is 0 Å². The van der Waals surface area contributed by atoms with E-state index in [1.807, 2.05) is 23.9 Å². The van der Waals surface area contributed by atoms with Gasteiger partial charge >= 0.3 is 0 Å². The maximum atomic E-state index is 11.5. The fraction of sp³-hybridized carbons (Fsp3) is 0.333. The molecule has 0 saturated carbocycles.